The molecule has 5 heteroatoms. The van der Waals surface area contributed by atoms with Gasteiger partial charge in [-0.15, -0.1) is 0 Å². The van der Waals surface area contributed by atoms with Crippen molar-refractivity contribution >= 4 is 5.97 Å². The van der Waals surface area contributed by atoms with Crippen LogP contribution in [0, 0.1) is 0 Å². The molecule has 0 fully saturated rings. The van der Waals surface area contributed by atoms with Crippen LogP contribution in [0.5, 0.6) is 0 Å². The Labute approximate surface area is 120 Å². The number of likely N-dealkylation sites (N-methyl/N-ethyl adjacent to an activating group) is 1. The van der Waals surface area contributed by atoms with Crippen LogP contribution in [0.25, 0.3) is 0 Å². The molecule has 1 aromatic rings. The van der Waals surface area contributed by atoms with Crippen LogP contribution in [0.2, 0.25) is 0 Å². The minimum atomic E-state index is -0.570. The van der Waals surface area contributed by atoms with Gasteiger partial charge in [0.2, 0.25) is 0 Å². The third-order valence-electron chi connectivity index (χ3n) is 3.06. The standard InChI is InChI=1S/C15H23NO4/c1-16(9-13(17)11-19-2)10-14(15(18)20-3)12-7-5-4-6-8-12/h4-8,13-14,17H,9-11H2,1-3H3. The molecular formula is C15H23NO4. The molecular weight excluding hydrogens is 258 g/mol. The maximum absolute atomic E-state index is 11.9. The van der Waals surface area contributed by atoms with Gasteiger partial charge in [0.25, 0.3) is 0 Å². The predicted octanol–water partition coefficient (Wildman–Crippen LogP) is 0.882. The Kier molecular flexibility index (Phi) is 7.22. The summed E-state index contributed by atoms with van der Waals surface area (Å²) in [5, 5.41) is 9.72. The molecule has 0 aliphatic heterocycles. The first-order chi connectivity index (χ1) is 9.58. The SMILES string of the molecule is COCC(O)CN(C)CC(C(=O)OC)c1ccccc1. The topological polar surface area (TPSA) is 59.0 Å². The second-order valence-electron chi connectivity index (χ2n) is 4.82. The van der Waals surface area contributed by atoms with Crippen molar-refractivity contribution in [3.05, 3.63) is 35.9 Å². The lowest BCUT2D eigenvalue weighted by molar-refractivity contribution is -0.143. The van der Waals surface area contributed by atoms with Crippen LogP contribution in [0.4, 0.5) is 0 Å². The number of hydrogen-bond acceptors (Lipinski definition) is 5. The fraction of sp³-hybridized carbons (Fsp3) is 0.533. The molecule has 0 radical (unpaired) electrons. The van der Waals surface area contributed by atoms with Crippen LogP contribution in [0.15, 0.2) is 30.3 Å². The molecule has 0 heterocycles. The number of rotatable bonds is 8. The quantitative estimate of drug-likeness (QED) is 0.717. The molecule has 0 aromatic heterocycles. The number of aliphatic hydroxyl groups excluding tert-OH is 1. The first-order valence-electron chi connectivity index (χ1n) is 6.56. The predicted molar refractivity (Wildman–Crippen MR) is 76.6 cm³/mol. The molecule has 0 aliphatic rings. The van der Waals surface area contributed by atoms with Gasteiger partial charge in [-0.1, -0.05) is 30.3 Å². The smallest absolute Gasteiger partial charge is 0.314 e. The summed E-state index contributed by atoms with van der Waals surface area (Å²) in [6.45, 7) is 1.20. The Morgan fingerprint density at radius 3 is 2.45 bits per heavy atom. The van der Waals surface area contributed by atoms with Gasteiger partial charge >= 0.3 is 5.97 Å². The zero-order chi connectivity index (χ0) is 15.0. The van der Waals surface area contributed by atoms with E-state index in [4.69, 9.17) is 9.47 Å². The van der Waals surface area contributed by atoms with Crippen molar-refractivity contribution in [1.82, 2.24) is 4.90 Å². The van der Waals surface area contributed by atoms with Gasteiger partial charge in [0, 0.05) is 20.2 Å². The average Bonchev–Trinajstić information content (AvgIpc) is 2.45. The lowest BCUT2D eigenvalue weighted by atomic mass is 9.98. The van der Waals surface area contributed by atoms with Gasteiger partial charge in [0.15, 0.2) is 0 Å². The van der Waals surface area contributed by atoms with E-state index in [0.717, 1.165) is 5.56 Å². The molecule has 0 spiro atoms. The number of carbonyl (C=O) groups excluding carboxylic acids is 1. The fourth-order valence-electron chi connectivity index (χ4n) is 2.13. The molecule has 20 heavy (non-hydrogen) atoms. The number of benzene rings is 1. The molecule has 1 aromatic carbocycles. The number of methoxy groups -OCH3 is 2. The van der Waals surface area contributed by atoms with E-state index in [0.29, 0.717) is 13.1 Å². The first-order valence-corrected chi connectivity index (χ1v) is 6.56. The highest BCUT2D eigenvalue weighted by Crippen LogP contribution is 2.18. The summed E-state index contributed by atoms with van der Waals surface area (Å²) in [6, 6.07) is 9.50. The van der Waals surface area contributed by atoms with E-state index in [2.05, 4.69) is 0 Å². The number of hydrogen-bond donors (Lipinski definition) is 1. The molecule has 0 aliphatic carbocycles. The van der Waals surface area contributed by atoms with Crippen LogP contribution < -0.4 is 0 Å². The van der Waals surface area contributed by atoms with Crippen LogP contribution >= 0.6 is 0 Å². The van der Waals surface area contributed by atoms with Crippen molar-refractivity contribution in [2.75, 3.05) is 41.0 Å². The minimum absolute atomic E-state index is 0.274. The summed E-state index contributed by atoms with van der Waals surface area (Å²) in [5.74, 6) is -0.634. The maximum atomic E-state index is 11.9. The number of carbonyl (C=O) groups is 1. The van der Waals surface area contributed by atoms with Crippen molar-refractivity contribution in [2.45, 2.75) is 12.0 Å². The third-order valence-corrected chi connectivity index (χ3v) is 3.06. The van der Waals surface area contributed by atoms with Gasteiger partial charge in [-0.05, 0) is 12.6 Å². The number of esters is 1. The summed E-state index contributed by atoms with van der Waals surface area (Å²) < 4.78 is 9.76. The zero-order valence-corrected chi connectivity index (χ0v) is 12.3. The molecule has 0 bridgehead atoms. The molecule has 2 unspecified atom stereocenters. The Morgan fingerprint density at radius 1 is 1.25 bits per heavy atom. The van der Waals surface area contributed by atoms with E-state index in [1.807, 2.05) is 42.3 Å². The first kappa shape index (κ1) is 16.6. The van der Waals surface area contributed by atoms with E-state index in [1.54, 1.807) is 7.11 Å². The summed E-state index contributed by atoms with van der Waals surface area (Å²) >= 11 is 0. The monoisotopic (exact) mass is 281 g/mol. The largest absolute Gasteiger partial charge is 0.469 e. The molecule has 5 nitrogen and oxygen atoms in total. The zero-order valence-electron chi connectivity index (χ0n) is 12.3. The van der Waals surface area contributed by atoms with Gasteiger partial charge < -0.3 is 19.5 Å². The van der Waals surface area contributed by atoms with Crippen LogP contribution in [-0.4, -0.2) is 63.0 Å². The molecule has 0 amide bonds. The summed E-state index contributed by atoms with van der Waals surface area (Å²) in [6.07, 6.45) is -0.570. The highest BCUT2D eigenvalue weighted by atomic mass is 16.5. The average molecular weight is 281 g/mol. The van der Waals surface area contributed by atoms with E-state index in [1.165, 1.54) is 7.11 Å². The summed E-state index contributed by atoms with van der Waals surface area (Å²) in [7, 11) is 4.79. The minimum Gasteiger partial charge on any atom is -0.469 e. The second-order valence-corrected chi connectivity index (χ2v) is 4.82. The Morgan fingerprint density at radius 2 is 1.90 bits per heavy atom. The molecule has 1 N–H and O–H groups in total. The van der Waals surface area contributed by atoms with Crippen molar-refractivity contribution in [1.29, 1.82) is 0 Å². The lowest BCUT2D eigenvalue weighted by Gasteiger charge is -2.24. The van der Waals surface area contributed by atoms with Gasteiger partial charge in [0.05, 0.1) is 25.7 Å². The number of ether oxygens (including phenoxy) is 2. The molecule has 0 saturated carbocycles. The van der Waals surface area contributed by atoms with Gasteiger partial charge in [0.1, 0.15) is 0 Å². The highest BCUT2D eigenvalue weighted by molar-refractivity contribution is 5.78. The fourth-order valence-corrected chi connectivity index (χ4v) is 2.13. The van der Waals surface area contributed by atoms with Crippen molar-refractivity contribution in [2.24, 2.45) is 0 Å². The highest BCUT2D eigenvalue weighted by Gasteiger charge is 2.23. The van der Waals surface area contributed by atoms with Crippen molar-refractivity contribution in [3.8, 4) is 0 Å². The van der Waals surface area contributed by atoms with Gasteiger partial charge in [-0.2, -0.15) is 0 Å². The number of aliphatic hydroxyl groups is 1. The molecule has 2 atom stereocenters. The van der Waals surface area contributed by atoms with Crippen LogP contribution in [0.1, 0.15) is 11.5 Å². The number of nitrogens with zero attached hydrogens (tertiary/aromatic N) is 1. The van der Waals surface area contributed by atoms with Crippen LogP contribution in [-0.2, 0) is 14.3 Å². The molecule has 112 valence electrons. The Bertz CT molecular complexity index is 396. The third kappa shape index (κ3) is 5.28. The maximum Gasteiger partial charge on any atom is 0.314 e. The molecule has 1 rings (SSSR count). The normalized spacial score (nSPS) is 14.1. The van der Waals surface area contributed by atoms with Gasteiger partial charge in [-0.25, -0.2) is 0 Å². The summed E-state index contributed by atoms with van der Waals surface area (Å²) in [4.78, 5) is 13.8. The van der Waals surface area contributed by atoms with Crippen molar-refractivity contribution < 1.29 is 19.4 Å². The van der Waals surface area contributed by atoms with E-state index >= 15 is 0 Å². The lowest BCUT2D eigenvalue weighted by Crippen LogP contribution is -2.36. The van der Waals surface area contributed by atoms with E-state index in [-0.39, 0.29) is 18.5 Å². The van der Waals surface area contributed by atoms with Gasteiger partial charge in [-0.3, -0.25) is 4.79 Å². The van der Waals surface area contributed by atoms with Crippen LogP contribution in [0.3, 0.4) is 0 Å². The van der Waals surface area contributed by atoms with E-state index in [9.17, 15) is 9.90 Å². The summed E-state index contributed by atoms with van der Waals surface area (Å²) in [5.41, 5.74) is 0.910. The molecule has 0 saturated heterocycles. The van der Waals surface area contributed by atoms with Crippen molar-refractivity contribution in [3.63, 3.8) is 0 Å². The van der Waals surface area contributed by atoms with E-state index < -0.39 is 6.10 Å². The Balaban J connectivity index is 2.68. The second kappa shape index (κ2) is 8.68. The Hall–Kier alpha value is -1.43.